The molecule has 0 fully saturated rings. The third-order valence-corrected chi connectivity index (χ3v) is 5.19. The third kappa shape index (κ3) is 4.74. The van der Waals surface area contributed by atoms with Crippen LogP contribution in [0.2, 0.25) is 0 Å². The normalized spacial score (nSPS) is 11.0. The Hall–Kier alpha value is -2.58. The van der Waals surface area contributed by atoms with Crippen molar-refractivity contribution in [2.45, 2.75) is 18.7 Å². The molecule has 0 radical (unpaired) electrons. The van der Waals surface area contributed by atoms with Crippen molar-refractivity contribution in [2.24, 2.45) is 0 Å². The van der Waals surface area contributed by atoms with Gasteiger partial charge in [-0.15, -0.1) is 4.83 Å². The SMILES string of the molecule is CCN(CC)c1ccc(C(=O)NNS(=O)(=O)c2ccc(OC)cc2)cc1. The Labute approximate surface area is 154 Å². The van der Waals surface area contributed by atoms with Gasteiger partial charge in [0.25, 0.3) is 15.9 Å². The zero-order valence-corrected chi connectivity index (χ0v) is 15.8. The monoisotopic (exact) mass is 377 g/mol. The van der Waals surface area contributed by atoms with Crippen molar-refractivity contribution in [2.75, 3.05) is 25.1 Å². The number of benzene rings is 2. The number of methoxy groups -OCH3 is 1. The van der Waals surface area contributed by atoms with Crippen molar-refractivity contribution in [1.82, 2.24) is 10.3 Å². The lowest BCUT2D eigenvalue weighted by atomic mass is 10.2. The van der Waals surface area contributed by atoms with Crippen LogP contribution in [-0.4, -0.2) is 34.5 Å². The molecule has 0 unspecified atom stereocenters. The molecule has 0 bridgehead atoms. The highest BCUT2D eigenvalue weighted by Gasteiger charge is 2.16. The lowest BCUT2D eigenvalue weighted by molar-refractivity contribution is 0.0945. The number of ether oxygens (including phenoxy) is 1. The summed E-state index contributed by atoms with van der Waals surface area (Å²) in [5.74, 6) is 0.00876. The van der Waals surface area contributed by atoms with Gasteiger partial charge in [0.15, 0.2) is 0 Å². The summed E-state index contributed by atoms with van der Waals surface area (Å²) in [6.45, 7) is 5.84. The number of nitrogens with zero attached hydrogens (tertiary/aromatic N) is 1. The Morgan fingerprint density at radius 1 is 1.00 bits per heavy atom. The summed E-state index contributed by atoms with van der Waals surface area (Å²) in [7, 11) is -2.37. The van der Waals surface area contributed by atoms with Crippen molar-refractivity contribution in [3.05, 3.63) is 54.1 Å². The molecule has 0 aromatic heterocycles. The summed E-state index contributed by atoms with van der Waals surface area (Å²) in [4.78, 5) is 16.4. The summed E-state index contributed by atoms with van der Waals surface area (Å²) in [5, 5.41) is 0. The lowest BCUT2D eigenvalue weighted by Crippen LogP contribution is -2.41. The van der Waals surface area contributed by atoms with E-state index in [0.717, 1.165) is 18.8 Å². The highest BCUT2D eigenvalue weighted by Crippen LogP contribution is 2.16. The van der Waals surface area contributed by atoms with E-state index < -0.39 is 15.9 Å². The number of hydrogen-bond donors (Lipinski definition) is 2. The van der Waals surface area contributed by atoms with Gasteiger partial charge in [-0.05, 0) is 62.4 Å². The number of anilines is 1. The lowest BCUT2D eigenvalue weighted by Gasteiger charge is -2.21. The van der Waals surface area contributed by atoms with Crippen molar-refractivity contribution < 1.29 is 17.9 Å². The molecular weight excluding hydrogens is 354 g/mol. The van der Waals surface area contributed by atoms with Crippen LogP contribution in [-0.2, 0) is 10.0 Å². The number of carbonyl (C=O) groups excluding carboxylic acids is 1. The van der Waals surface area contributed by atoms with E-state index in [1.54, 1.807) is 12.1 Å². The minimum absolute atomic E-state index is 0.0236. The zero-order valence-electron chi connectivity index (χ0n) is 15.0. The second-order valence-corrected chi connectivity index (χ2v) is 7.14. The third-order valence-electron chi connectivity index (χ3n) is 3.93. The molecular formula is C18H23N3O4S. The van der Waals surface area contributed by atoms with Crippen LogP contribution in [0.25, 0.3) is 0 Å². The van der Waals surface area contributed by atoms with E-state index >= 15 is 0 Å². The second kappa shape index (κ2) is 8.68. The molecule has 8 heteroatoms. The number of hydrazine groups is 1. The van der Waals surface area contributed by atoms with E-state index in [2.05, 4.69) is 29.0 Å². The average Bonchev–Trinajstić information content (AvgIpc) is 2.67. The van der Waals surface area contributed by atoms with E-state index in [1.165, 1.54) is 31.4 Å². The quantitative estimate of drug-likeness (QED) is 0.689. The molecule has 140 valence electrons. The summed E-state index contributed by atoms with van der Waals surface area (Å²) in [6, 6.07) is 12.8. The molecule has 26 heavy (non-hydrogen) atoms. The summed E-state index contributed by atoms with van der Waals surface area (Å²) in [5.41, 5.74) is 3.59. The second-order valence-electron chi connectivity index (χ2n) is 5.45. The standard InChI is InChI=1S/C18H23N3O4S/c1-4-21(5-2)15-8-6-14(7-9-15)18(22)19-20-26(23,24)17-12-10-16(25-3)11-13-17/h6-13,20H,4-5H2,1-3H3,(H,19,22). The predicted molar refractivity (Wildman–Crippen MR) is 101 cm³/mol. The molecule has 2 aromatic rings. The molecule has 0 saturated carbocycles. The van der Waals surface area contributed by atoms with Crippen molar-refractivity contribution in [3.8, 4) is 5.75 Å². The van der Waals surface area contributed by atoms with Crippen LogP contribution >= 0.6 is 0 Å². The first kappa shape index (κ1) is 19.7. The van der Waals surface area contributed by atoms with Gasteiger partial charge in [0.2, 0.25) is 0 Å². The van der Waals surface area contributed by atoms with E-state index in [9.17, 15) is 13.2 Å². The van der Waals surface area contributed by atoms with Gasteiger partial charge in [0, 0.05) is 24.3 Å². The molecule has 0 aliphatic rings. The van der Waals surface area contributed by atoms with Crippen LogP contribution in [0.4, 0.5) is 5.69 Å². The average molecular weight is 377 g/mol. The van der Waals surface area contributed by atoms with Gasteiger partial charge in [-0.25, -0.2) is 8.42 Å². The van der Waals surface area contributed by atoms with E-state index in [1.807, 2.05) is 12.1 Å². The fourth-order valence-electron chi connectivity index (χ4n) is 2.41. The Kier molecular flexibility index (Phi) is 6.59. The molecule has 0 saturated heterocycles. The van der Waals surface area contributed by atoms with Gasteiger partial charge in [0.1, 0.15) is 5.75 Å². The first-order chi connectivity index (χ1) is 12.4. The minimum Gasteiger partial charge on any atom is -0.497 e. The molecule has 2 rings (SSSR count). The molecule has 2 N–H and O–H groups in total. The molecule has 0 aliphatic carbocycles. The van der Waals surface area contributed by atoms with Crippen LogP contribution in [0.5, 0.6) is 5.75 Å². The first-order valence-corrected chi connectivity index (χ1v) is 9.70. The van der Waals surface area contributed by atoms with Gasteiger partial charge < -0.3 is 9.64 Å². The van der Waals surface area contributed by atoms with Gasteiger partial charge in [-0.3, -0.25) is 10.2 Å². The Balaban J connectivity index is 2.02. The highest BCUT2D eigenvalue weighted by atomic mass is 32.2. The smallest absolute Gasteiger partial charge is 0.266 e. The molecule has 0 aliphatic heterocycles. The van der Waals surface area contributed by atoms with Gasteiger partial charge in [-0.2, -0.15) is 0 Å². The molecule has 0 heterocycles. The Bertz CT molecular complexity index is 830. The number of hydrogen-bond acceptors (Lipinski definition) is 5. The maximum atomic E-state index is 12.2. The number of carbonyl (C=O) groups is 1. The topological polar surface area (TPSA) is 87.7 Å². The van der Waals surface area contributed by atoms with Crippen LogP contribution in [0.1, 0.15) is 24.2 Å². The van der Waals surface area contributed by atoms with Crippen molar-refractivity contribution >= 4 is 21.6 Å². The predicted octanol–water partition coefficient (Wildman–Crippen LogP) is 2.16. The fraction of sp³-hybridized carbons (Fsp3) is 0.278. The van der Waals surface area contributed by atoms with E-state index in [0.29, 0.717) is 11.3 Å². The summed E-state index contributed by atoms with van der Waals surface area (Å²) < 4.78 is 29.4. The number of sulfonamides is 1. The van der Waals surface area contributed by atoms with Crippen molar-refractivity contribution in [1.29, 1.82) is 0 Å². The number of nitrogens with one attached hydrogen (secondary N) is 2. The molecule has 7 nitrogen and oxygen atoms in total. The number of amides is 1. The fourth-order valence-corrected chi connectivity index (χ4v) is 3.25. The van der Waals surface area contributed by atoms with Crippen LogP contribution in [0.3, 0.4) is 0 Å². The Morgan fingerprint density at radius 3 is 2.08 bits per heavy atom. The van der Waals surface area contributed by atoms with E-state index in [-0.39, 0.29) is 4.90 Å². The van der Waals surface area contributed by atoms with Crippen LogP contribution in [0, 0.1) is 0 Å². The van der Waals surface area contributed by atoms with Crippen molar-refractivity contribution in [3.63, 3.8) is 0 Å². The van der Waals surface area contributed by atoms with Gasteiger partial charge in [-0.1, -0.05) is 0 Å². The minimum atomic E-state index is -3.86. The van der Waals surface area contributed by atoms with Crippen LogP contribution in [0.15, 0.2) is 53.4 Å². The van der Waals surface area contributed by atoms with Gasteiger partial charge in [0.05, 0.1) is 12.0 Å². The van der Waals surface area contributed by atoms with E-state index in [4.69, 9.17) is 4.74 Å². The molecule has 1 amide bonds. The highest BCUT2D eigenvalue weighted by molar-refractivity contribution is 7.89. The summed E-state index contributed by atoms with van der Waals surface area (Å²) in [6.07, 6.45) is 0. The maximum absolute atomic E-state index is 12.2. The maximum Gasteiger partial charge on any atom is 0.266 e. The Morgan fingerprint density at radius 2 is 1.58 bits per heavy atom. The largest absolute Gasteiger partial charge is 0.497 e. The first-order valence-electron chi connectivity index (χ1n) is 8.22. The zero-order chi connectivity index (χ0) is 19.2. The van der Waals surface area contributed by atoms with Gasteiger partial charge >= 0.3 is 0 Å². The molecule has 0 atom stereocenters. The molecule has 0 spiro atoms. The molecule has 2 aromatic carbocycles. The van der Waals surface area contributed by atoms with Crippen LogP contribution < -0.4 is 19.9 Å². The summed E-state index contributed by atoms with van der Waals surface area (Å²) >= 11 is 0. The number of rotatable bonds is 8.